The predicted octanol–water partition coefficient (Wildman–Crippen LogP) is 3.42. The summed E-state index contributed by atoms with van der Waals surface area (Å²) in [6.45, 7) is 4.23. The van der Waals surface area contributed by atoms with Gasteiger partial charge in [-0.3, -0.25) is 0 Å². The van der Waals surface area contributed by atoms with E-state index in [9.17, 15) is 0 Å². The van der Waals surface area contributed by atoms with E-state index in [0.717, 1.165) is 36.8 Å². The minimum Gasteiger partial charge on any atom is -0.369 e. The molecule has 1 aliphatic rings. The summed E-state index contributed by atoms with van der Waals surface area (Å²) in [4.78, 5) is 2.41. The Labute approximate surface area is 119 Å². The van der Waals surface area contributed by atoms with Gasteiger partial charge in [0.15, 0.2) is 0 Å². The quantitative estimate of drug-likeness (QED) is 0.901. The van der Waals surface area contributed by atoms with Crippen molar-refractivity contribution < 1.29 is 0 Å². The molecule has 0 atom stereocenters. The molecule has 0 radical (unpaired) electrons. The van der Waals surface area contributed by atoms with Crippen LogP contribution in [-0.2, 0) is 0 Å². The van der Waals surface area contributed by atoms with Crippen molar-refractivity contribution in [2.24, 2.45) is 0 Å². The van der Waals surface area contributed by atoms with Crippen LogP contribution in [0.4, 0.5) is 5.69 Å². The highest BCUT2D eigenvalue weighted by molar-refractivity contribution is 6.33. The number of benzene rings is 2. The third-order valence-electron chi connectivity index (χ3n) is 3.51. The number of hydrogen-bond acceptors (Lipinski definition) is 2. The second kappa shape index (κ2) is 5.64. The van der Waals surface area contributed by atoms with Crippen molar-refractivity contribution in [2.45, 2.75) is 0 Å². The van der Waals surface area contributed by atoms with Crippen LogP contribution < -0.4 is 10.2 Å². The number of nitrogens with zero attached hydrogens (tertiary/aromatic N) is 1. The maximum absolute atomic E-state index is 6.27. The standard InChI is InChI=1S/C16H17ClN2/c17-16-7-2-1-6-15(16)13-4-3-5-14(12-13)19-10-8-18-9-11-19/h1-7,12,18H,8-11H2. The van der Waals surface area contributed by atoms with Gasteiger partial charge in [0.05, 0.1) is 0 Å². The van der Waals surface area contributed by atoms with Crippen molar-refractivity contribution in [1.82, 2.24) is 5.32 Å². The van der Waals surface area contributed by atoms with E-state index in [1.54, 1.807) is 0 Å². The van der Waals surface area contributed by atoms with Crippen molar-refractivity contribution in [3.05, 3.63) is 53.6 Å². The summed E-state index contributed by atoms with van der Waals surface area (Å²) >= 11 is 6.27. The molecule has 1 N–H and O–H groups in total. The molecule has 0 amide bonds. The fourth-order valence-electron chi connectivity index (χ4n) is 2.49. The van der Waals surface area contributed by atoms with E-state index < -0.39 is 0 Å². The van der Waals surface area contributed by atoms with E-state index in [0.29, 0.717) is 0 Å². The van der Waals surface area contributed by atoms with Gasteiger partial charge in [-0.2, -0.15) is 0 Å². The van der Waals surface area contributed by atoms with Gasteiger partial charge in [0.25, 0.3) is 0 Å². The van der Waals surface area contributed by atoms with Gasteiger partial charge < -0.3 is 10.2 Å². The Balaban J connectivity index is 1.93. The maximum Gasteiger partial charge on any atom is 0.0484 e. The fourth-order valence-corrected chi connectivity index (χ4v) is 2.73. The zero-order valence-electron chi connectivity index (χ0n) is 10.8. The number of piperazine rings is 1. The number of nitrogens with one attached hydrogen (secondary N) is 1. The Morgan fingerprint density at radius 1 is 0.947 bits per heavy atom. The zero-order valence-corrected chi connectivity index (χ0v) is 11.5. The Kier molecular flexibility index (Phi) is 3.72. The zero-order chi connectivity index (χ0) is 13.1. The van der Waals surface area contributed by atoms with Crippen molar-refractivity contribution >= 4 is 17.3 Å². The smallest absolute Gasteiger partial charge is 0.0484 e. The molecule has 0 spiro atoms. The average molecular weight is 273 g/mol. The molecule has 0 unspecified atom stereocenters. The van der Waals surface area contributed by atoms with E-state index in [2.05, 4.69) is 40.5 Å². The van der Waals surface area contributed by atoms with Gasteiger partial charge >= 0.3 is 0 Å². The fraction of sp³-hybridized carbons (Fsp3) is 0.250. The van der Waals surface area contributed by atoms with Gasteiger partial charge in [0.1, 0.15) is 0 Å². The molecule has 3 rings (SSSR count). The lowest BCUT2D eigenvalue weighted by molar-refractivity contribution is 0.589. The molecular weight excluding hydrogens is 256 g/mol. The predicted molar refractivity (Wildman–Crippen MR) is 82.0 cm³/mol. The first kappa shape index (κ1) is 12.5. The highest BCUT2D eigenvalue weighted by atomic mass is 35.5. The van der Waals surface area contributed by atoms with Crippen LogP contribution in [0.15, 0.2) is 48.5 Å². The second-order valence-corrected chi connectivity index (χ2v) is 5.17. The van der Waals surface area contributed by atoms with Crippen LogP contribution in [0.3, 0.4) is 0 Å². The van der Waals surface area contributed by atoms with E-state index in [4.69, 9.17) is 11.6 Å². The molecule has 1 aliphatic heterocycles. The van der Waals surface area contributed by atoms with Crippen molar-refractivity contribution in [2.75, 3.05) is 31.1 Å². The minimum absolute atomic E-state index is 0.806. The van der Waals surface area contributed by atoms with Gasteiger partial charge in [0.2, 0.25) is 0 Å². The second-order valence-electron chi connectivity index (χ2n) is 4.77. The summed E-state index contributed by atoms with van der Waals surface area (Å²) in [5.74, 6) is 0. The molecule has 19 heavy (non-hydrogen) atoms. The molecule has 2 nitrogen and oxygen atoms in total. The SMILES string of the molecule is Clc1ccccc1-c1cccc(N2CCNCC2)c1. The molecule has 98 valence electrons. The summed E-state index contributed by atoms with van der Waals surface area (Å²) in [7, 11) is 0. The lowest BCUT2D eigenvalue weighted by Gasteiger charge is -2.29. The molecule has 0 bridgehead atoms. The molecule has 0 aromatic heterocycles. The maximum atomic E-state index is 6.27. The minimum atomic E-state index is 0.806. The molecule has 1 heterocycles. The third-order valence-corrected chi connectivity index (χ3v) is 3.84. The molecule has 0 aliphatic carbocycles. The summed E-state index contributed by atoms with van der Waals surface area (Å²) in [5, 5.41) is 4.18. The Bertz CT molecular complexity index is 562. The van der Waals surface area contributed by atoms with Gasteiger partial charge in [-0.05, 0) is 23.8 Å². The van der Waals surface area contributed by atoms with E-state index in [1.807, 2.05) is 18.2 Å². The van der Waals surface area contributed by atoms with Gasteiger partial charge in [-0.15, -0.1) is 0 Å². The molecule has 1 saturated heterocycles. The van der Waals surface area contributed by atoms with E-state index >= 15 is 0 Å². The molecule has 3 heteroatoms. The first-order valence-corrected chi connectivity index (χ1v) is 7.03. The summed E-state index contributed by atoms with van der Waals surface area (Å²) in [6, 6.07) is 16.6. The first-order chi connectivity index (χ1) is 9.34. The number of hydrogen-bond donors (Lipinski definition) is 1. The highest BCUT2D eigenvalue weighted by Crippen LogP contribution is 2.30. The van der Waals surface area contributed by atoms with Crippen LogP contribution in [0.2, 0.25) is 5.02 Å². The average Bonchev–Trinajstić information content (AvgIpc) is 2.49. The topological polar surface area (TPSA) is 15.3 Å². The van der Waals surface area contributed by atoms with Crippen molar-refractivity contribution in [3.8, 4) is 11.1 Å². The third kappa shape index (κ3) is 2.75. The molecule has 1 fully saturated rings. The summed E-state index contributed by atoms with van der Waals surface area (Å²) in [5.41, 5.74) is 3.56. The van der Waals surface area contributed by atoms with Crippen molar-refractivity contribution in [3.63, 3.8) is 0 Å². The highest BCUT2D eigenvalue weighted by Gasteiger charge is 2.11. The van der Waals surface area contributed by atoms with Gasteiger partial charge in [-0.1, -0.05) is 41.9 Å². The van der Waals surface area contributed by atoms with Crippen LogP contribution in [-0.4, -0.2) is 26.2 Å². The van der Waals surface area contributed by atoms with Crippen LogP contribution in [0, 0.1) is 0 Å². The molecule has 2 aromatic carbocycles. The van der Waals surface area contributed by atoms with Crippen LogP contribution in [0.5, 0.6) is 0 Å². The van der Waals surface area contributed by atoms with Crippen LogP contribution in [0.1, 0.15) is 0 Å². The van der Waals surface area contributed by atoms with E-state index in [-0.39, 0.29) is 0 Å². The van der Waals surface area contributed by atoms with Gasteiger partial charge in [-0.25, -0.2) is 0 Å². The Morgan fingerprint density at radius 2 is 1.74 bits per heavy atom. The van der Waals surface area contributed by atoms with E-state index in [1.165, 1.54) is 11.3 Å². The van der Waals surface area contributed by atoms with Crippen molar-refractivity contribution in [1.29, 1.82) is 0 Å². The molecular formula is C16H17ClN2. The van der Waals surface area contributed by atoms with Crippen LogP contribution in [0.25, 0.3) is 11.1 Å². The Morgan fingerprint density at radius 3 is 2.53 bits per heavy atom. The Hall–Kier alpha value is -1.51. The lowest BCUT2D eigenvalue weighted by Crippen LogP contribution is -2.43. The summed E-state index contributed by atoms with van der Waals surface area (Å²) < 4.78 is 0. The van der Waals surface area contributed by atoms with Crippen LogP contribution >= 0.6 is 11.6 Å². The monoisotopic (exact) mass is 272 g/mol. The normalized spacial score (nSPS) is 15.5. The lowest BCUT2D eigenvalue weighted by atomic mass is 10.0. The molecule has 2 aromatic rings. The number of halogens is 1. The number of rotatable bonds is 2. The first-order valence-electron chi connectivity index (χ1n) is 6.65. The summed E-state index contributed by atoms with van der Waals surface area (Å²) in [6.07, 6.45) is 0. The largest absolute Gasteiger partial charge is 0.369 e. The van der Waals surface area contributed by atoms with Gasteiger partial charge in [0, 0.05) is 42.5 Å². The number of anilines is 1. The molecule has 0 saturated carbocycles.